The minimum absolute atomic E-state index is 0.250. The van der Waals surface area contributed by atoms with Gasteiger partial charge in [0.05, 0.1) is 0 Å². The van der Waals surface area contributed by atoms with Crippen molar-refractivity contribution >= 4 is 5.91 Å². The zero-order chi connectivity index (χ0) is 16.2. The summed E-state index contributed by atoms with van der Waals surface area (Å²) in [4.78, 5) is 10.4. The maximum absolute atomic E-state index is 10.4. The number of unbranched alkanes of at least 4 members (excludes halogenated alkanes) is 7. The molecule has 120 valence electrons. The Balaban J connectivity index is 0. The fraction of sp³-hybridized carbons (Fsp3) is 0.722. The van der Waals surface area contributed by atoms with Gasteiger partial charge in [0.1, 0.15) is 0 Å². The van der Waals surface area contributed by atoms with E-state index in [2.05, 4.69) is 30.6 Å². The molecule has 0 aliphatic carbocycles. The Kier molecular flexibility index (Phi) is 21.7. The van der Waals surface area contributed by atoms with Crippen molar-refractivity contribution in [3.8, 4) is 23.7 Å². The van der Waals surface area contributed by atoms with Crippen LogP contribution < -0.4 is 5.73 Å². The molecule has 0 aliphatic rings. The Bertz CT molecular complexity index is 342. The van der Waals surface area contributed by atoms with Crippen molar-refractivity contribution < 1.29 is 9.90 Å². The SMILES string of the molecule is CCCCCCCCC#CC#CCCCC(N)=O.CCO. The highest BCUT2D eigenvalue weighted by Crippen LogP contribution is 2.05. The van der Waals surface area contributed by atoms with Crippen molar-refractivity contribution in [2.45, 2.75) is 78.1 Å². The molecule has 0 aliphatic heterocycles. The Morgan fingerprint density at radius 3 is 1.90 bits per heavy atom. The van der Waals surface area contributed by atoms with Crippen molar-refractivity contribution in [1.82, 2.24) is 0 Å². The lowest BCUT2D eigenvalue weighted by Crippen LogP contribution is -2.09. The topological polar surface area (TPSA) is 63.3 Å². The average molecular weight is 293 g/mol. The summed E-state index contributed by atoms with van der Waals surface area (Å²) < 4.78 is 0. The largest absolute Gasteiger partial charge is 0.397 e. The number of aliphatic hydroxyl groups excluding tert-OH is 1. The summed E-state index contributed by atoms with van der Waals surface area (Å²) in [5.41, 5.74) is 5.02. The van der Waals surface area contributed by atoms with E-state index in [9.17, 15) is 4.79 Å². The number of carbonyl (C=O) groups excluding carboxylic acids is 1. The van der Waals surface area contributed by atoms with Crippen LogP contribution in [0.15, 0.2) is 0 Å². The number of amides is 1. The lowest BCUT2D eigenvalue weighted by molar-refractivity contribution is -0.118. The van der Waals surface area contributed by atoms with Gasteiger partial charge in [-0.05, 0) is 31.6 Å². The molecule has 3 N–H and O–H groups in total. The fourth-order valence-corrected chi connectivity index (χ4v) is 1.56. The summed E-state index contributed by atoms with van der Waals surface area (Å²) in [5, 5.41) is 7.57. The van der Waals surface area contributed by atoms with Gasteiger partial charge in [0.25, 0.3) is 0 Å². The van der Waals surface area contributed by atoms with Gasteiger partial charge >= 0.3 is 0 Å². The summed E-state index contributed by atoms with van der Waals surface area (Å²) in [7, 11) is 0. The Hall–Kier alpha value is -1.45. The molecule has 0 aromatic rings. The normalized spacial score (nSPS) is 8.52. The van der Waals surface area contributed by atoms with Crippen LogP contribution in [0.1, 0.15) is 78.1 Å². The summed E-state index contributed by atoms with van der Waals surface area (Å²) >= 11 is 0. The van der Waals surface area contributed by atoms with Crippen LogP contribution in [0.25, 0.3) is 0 Å². The van der Waals surface area contributed by atoms with Crippen molar-refractivity contribution in [2.75, 3.05) is 6.61 Å². The molecule has 0 atom stereocenters. The minimum atomic E-state index is -0.258. The predicted octanol–water partition coefficient (Wildman–Crippen LogP) is 3.40. The highest BCUT2D eigenvalue weighted by atomic mass is 16.2. The maximum Gasteiger partial charge on any atom is 0.217 e. The molecule has 0 heterocycles. The molecule has 0 rings (SSSR count). The first-order chi connectivity index (χ1) is 10.2. The summed E-state index contributed by atoms with van der Waals surface area (Å²) in [6, 6.07) is 0. The van der Waals surface area contributed by atoms with Gasteiger partial charge in [-0.1, -0.05) is 50.9 Å². The Labute approximate surface area is 130 Å². The lowest BCUT2D eigenvalue weighted by Gasteiger charge is -1.96. The number of hydrogen-bond acceptors (Lipinski definition) is 2. The molecule has 0 saturated carbocycles. The summed E-state index contributed by atoms with van der Waals surface area (Å²) in [6.07, 6.45) is 10.6. The molecule has 0 aromatic heterocycles. The van der Waals surface area contributed by atoms with Gasteiger partial charge in [0, 0.05) is 25.9 Å². The smallest absolute Gasteiger partial charge is 0.217 e. The van der Waals surface area contributed by atoms with E-state index in [1.54, 1.807) is 6.92 Å². The molecule has 0 fully saturated rings. The van der Waals surface area contributed by atoms with E-state index < -0.39 is 0 Å². The van der Waals surface area contributed by atoms with Crippen LogP contribution in [0.3, 0.4) is 0 Å². The molecule has 0 spiro atoms. The van der Waals surface area contributed by atoms with Crippen LogP contribution in [0, 0.1) is 23.7 Å². The van der Waals surface area contributed by atoms with Crippen LogP contribution >= 0.6 is 0 Å². The third-order valence-electron chi connectivity index (χ3n) is 2.62. The fourth-order valence-electron chi connectivity index (χ4n) is 1.56. The van der Waals surface area contributed by atoms with Gasteiger partial charge in [0.2, 0.25) is 5.91 Å². The van der Waals surface area contributed by atoms with Gasteiger partial charge in [-0.2, -0.15) is 0 Å². The van der Waals surface area contributed by atoms with E-state index in [1.165, 1.54) is 38.5 Å². The van der Waals surface area contributed by atoms with Gasteiger partial charge in [-0.25, -0.2) is 0 Å². The first-order valence-corrected chi connectivity index (χ1v) is 8.03. The van der Waals surface area contributed by atoms with E-state index in [0.717, 1.165) is 12.8 Å². The Morgan fingerprint density at radius 1 is 0.905 bits per heavy atom. The number of carbonyl (C=O) groups is 1. The predicted molar refractivity (Wildman–Crippen MR) is 89.4 cm³/mol. The molecule has 0 bridgehead atoms. The van der Waals surface area contributed by atoms with Crippen LogP contribution in [-0.4, -0.2) is 17.6 Å². The van der Waals surface area contributed by atoms with Crippen molar-refractivity contribution in [3.05, 3.63) is 0 Å². The molecule has 0 saturated heterocycles. The number of nitrogens with two attached hydrogens (primary N) is 1. The molecule has 0 unspecified atom stereocenters. The average Bonchev–Trinajstić information content (AvgIpc) is 2.44. The quantitative estimate of drug-likeness (QED) is 0.505. The van der Waals surface area contributed by atoms with Crippen LogP contribution in [0.2, 0.25) is 0 Å². The second-order valence-electron chi connectivity index (χ2n) is 4.76. The van der Waals surface area contributed by atoms with E-state index in [0.29, 0.717) is 12.8 Å². The standard InChI is InChI=1S/C16H25NO.C2H6O/c1-2-3-4-5-6-7-8-9-10-11-12-13-14-15-16(17)18;1-2-3/h2-8,13-15H2,1H3,(H2,17,18);3H,2H2,1H3. The van der Waals surface area contributed by atoms with Crippen molar-refractivity contribution in [3.63, 3.8) is 0 Å². The molecule has 21 heavy (non-hydrogen) atoms. The Morgan fingerprint density at radius 2 is 1.38 bits per heavy atom. The van der Waals surface area contributed by atoms with Crippen molar-refractivity contribution in [1.29, 1.82) is 0 Å². The number of aliphatic hydroxyl groups is 1. The highest BCUT2D eigenvalue weighted by molar-refractivity contribution is 5.73. The summed E-state index contributed by atoms with van der Waals surface area (Å²) in [5.74, 6) is 11.4. The monoisotopic (exact) mass is 293 g/mol. The van der Waals surface area contributed by atoms with E-state index in [1.807, 2.05) is 0 Å². The van der Waals surface area contributed by atoms with E-state index >= 15 is 0 Å². The third kappa shape index (κ3) is 27.7. The van der Waals surface area contributed by atoms with E-state index in [4.69, 9.17) is 10.8 Å². The zero-order valence-electron chi connectivity index (χ0n) is 13.7. The number of primary amides is 1. The number of hydrogen-bond donors (Lipinski definition) is 2. The molecule has 0 aromatic carbocycles. The molecule has 3 heteroatoms. The van der Waals surface area contributed by atoms with Gasteiger partial charge in [0.15, 0.2) is 0 Å². The molecular weight excluding hydrogens is 262 g/mol. The number of rotatable bonds is 9. The molecular formula is C18H31NO2. The lowest BCUT2D eigenvalue weighted by atomic mass is 10.1. The third-order valence-corrected chi connectivity index (χ3v) is 2.62. The molecule has 0 radical (unpaired) electrons. The van der Waals surface area contributed by atoms with Crippen LogP contribution in [0.5, 0.6) is 0 Å². The van der Waals surface area contributed by atoms with Gasteiger partial charge in [-0.15, -0.1) is 0 Å². The zero-order valence-corrected chi connectivity index (χ0v) is 13.7. The first-order valence-electron chi connectivity index (χ1n) is 8.03. The summed E-state index contributed by atoms with van der Waals surface area (Å²) in [6.45, 7) is 4.16. The van der Waals surface area contributed by atoms with Crippen molar-refractivity contribution in [2.24, 2.45) is 5.73 Å². The first kappa shape index (κ1) is 21.8. The molecule has 1 amide bonds. The highest BCUT2D eigenvalue weighted by Gasteiger charge is 1.90. The second kappa shape index (κ2) is 20.9. The van der Waals surface area contributed by atoms with E-state index in [-0.39, 0.29) is 12.5 Å². The van der Waals surface area contributed by atoms with Gasteiger partial charge < -0.3 is 10.8 Å². The maximum atomic E-state index is 10.4. The second-order valence-corrected chi connectivity index (χ2v) is 4.76. The molecule has 3 nitrogen and oxygen atoms in total. The van der Waals surface area contributed by atoms with Crippen LogP contribution in [0.4, 0.5) is 0 Å². The van der Waals surface area contributed by atoms with Gasteiger partial charge in [-0.3, -0.25) is 4.79 Å². The van der Waals surface area contributed by atoms with Crippen LogP contribution in [-0.2, 0) is 4.79 Å². The minimum Gasteiger partial charge on any atom is -0.397 e.